The summed E-state index contributed by atoms with van der Waals surface area (Å²) in [5, 5.41) is 9.39. The van der Waals surface area contributed by atoms with Gasteiger partial charge in [-0.15, -0.1) is 0 Å². The molecule has 6 heteroatoms. The highest BCUT2D eigenvalue weighted by Crippen LogP contribution is 2.24. The van der Waals surface area contributed by atoms with Gasteiger partial charge in [0.2, 0.25) is 0 Å². The predicted octanol–water partition coefficient (Wildman–Crippen LogP) is 4.04. The first kappa shape index (κ1) is 19.4. The molecule has 0 N–H and O–H groups in total. The molecule has 0 spiro atoms. The number of nitrogens with zero attached hydrogens (tertiary/aromatic N) is 2. The summed E-state index contributed by atoms with van der Waals surface area (Å²) in [6.45, 7) is 3.46. The molecule has 28 heavy (non-hydrogen) atoms. The Morgan fingerprint density at radius 1 is 1.14 bits per heavy atom. The minimum absolute atomic E-state index is 0.0699. The van der Waals surface area contributed by atoms with Crippen LogP contribution in [0.3, 0.4) is 0 Å². The lowest BCUT2D eigenvalue weighted by Crippen LogP contribution is -2.36. The SMILES string of the molecule is CCOC(=O)c1ccc(-c2ccc(/C=C(/C#N)C(=O)N3CCCCC3)o2)cc1. The van der Waals surface area contributed by atoms with Crippen LogP contribution in [0, 0.1) is 11.3 Å². The Labute approximate surface area is 164 Å². The van der Waals surface area contributed by atoms with E-state index in [-0.39, 0.29) is 17.4 Å². The summed E-state index contributed by atoms with van der Waals surface area (Å²) in [7, 11) is 0. The Morgan fingerprint density at radius 2 is 1.86 bits per heavy atom. The smallest absolute Gasteiger partial charge is 0.338 e. The molecule has 0 bridgehead atoms. The highest BCUT2D eigenvalue weighted by Gasteiger charge is 2.20. The van der Waals surface area contributed by atoms with Gasteiger partial charge in [-0.25, -0.2) is 4.79 Å². The molecule has 0 atom stereocenters. The summed E-state index contributed by atoms with van der Waals surface area (Å²) >= 11 is 0. The van der Waals surface area contributed by atoms with Gasteiger partial charge < -0.3 is 14.1 Å². The third-order valence-electron chi connectivity index (χ3n) is 4.59. The molecule has 6 nitrogen and oxygen atoms in total. The summed E-state index contributed by atoms with van der Waals surface area (Å²) in [4.78, 5) is 26.0. The number of piperidine rings is 1. The molecular formula is C22H22N2O4. The number of carbonyl (C=O) groups excluding carboxylic acids is 2. The van der Waals surface area contributed by atoms with E-state index >= 15 is 0 Å². The largest absolute Gasteiger partial charge is 0.462 e. The van der Waals surface area contributed by atoms with Crippen LogP contribution in [0.25, 0.3) is 17.4 Å². The fourth-order valence-electron chi connectivity index (χ4n) is 3.12. The highest BCUT2D eigenvalue weighted by molar-refractivity contribution is 6.01. The summed E-state index contributed by atoms with van der Waals surface area (Å²) in [6.07, 6.45) is 4.54. The zero-order valence-corrected chi connectivity index (χ0v) is 15.8. The third-order valence-corrected chi connectivity index (χ3v) is 4.59. The minimum atomic E-state index is -0.369. The van der Waals surface area contributed by atoms with Crippen molar-refractivity contribution in [3.05, 3.63) is 53.3 Å². The first-order valence-electron chi connectivity index (χ1n) is 9.41. The van der Waals surface area contributed by atoms with E-state index < -0.39 is 0 Å². The number of hydrogen-bond acceptors (Lipinski definition) is 5. The molecule has 2 aromatic rings. The summed E-state index contributed by atoms with van der Waals surface area (Å²) in [5.74, 6) is 0.404. The zero-order valence-electron chi connectivity index (χ0n) is 15.8. The molecule has 1 aliphatic heterocycles. The molecule has 0 saturated carbocycles. The molecule has 2 heterocycles. The van der Waals surface area contributed by atoms with E-state index in [1.54, 1.807) is 48.2 Å². The zero-order chi connectivity index (χ0) is 19.9. The van der Waals surface area contributed by atoms with Crippen LogP contribution in [0.5, 0.6) is 0 Å². The van der Waals surface area contributed by atoms with Gasteiger partial charge in [0, 0.05) is 24.7 Å². The third kappa shape index (κ3) is 4.49. The van der Waals surface area contributed by atoms with Gasteiger partial charge in [-0.2, -0.15) is 5.26 Å². The average Bonchev–Trinajstić information content (AvgIpc) is 3.21. The van der Waals surface area contributed by atoms with E-state index in [9.17, 15) is 14.9 Å². The number of ether oxygens (including phenoxy) is 1. The van der Waals surface area contributed by atoms with Crippen molar-refractivity contribution in [3.63, 3.8) is 0 Å². The van der Waals surface area contributed by atoms with Crippen molar-refractivity contribution in [3.8, 4) is 17.4 Å². The maximum absolute atomic E-state index is 12.5. The molecule has 1 aromatic heterocycles. The van der Waals surface area contributed by atoms with Gasteiger partial charge in [0.05, 0.1) is 12.2 Å². The number of likely N-dealkylation sites (tertiary alicyclic amines) is 1. The lowest BCUT2D eigenvalue weighted by atomic mass is 10.1. The molecular weight excluding hydrogens is 356 g/mol. The van der Waals surface area contributed by atoms with Gasteiger partial charge in [-0.3, -0.25) is 4.79 Å². The molecule has 1 amide bonds. The van der Waals surface area contributed by atoms with E-state index in [1.807, 2.05) is 6.07 Å². The molecule has 1 saturated heterocycles. The number of hydrogen-bond donors (Lipinski definition) is 0. The Bertz CT molecular complexity index is 913. The van der Waals surface area contributed by atoms with Crippen LogP contribution in [0.15, 0.2) is 46.4 Å². The fourth-order valence-corrected chi connectivity index (χ4v) is 3.12. The van der Waals surface area contributed by atoms with Gasteiger partial charge in [-0.05, 0) is 50.5 Å². The average molecular weight is 378 g/mol. The maximum Gasteiger partial charge on any atom is 0.338 e. The lowest BCUT2D eigenvalue weighted by molar-refractivity contribution is -0.127. The molecule has 0 aliphatic carbocycles. The summed E-state index contributed by atoms with van der Waals surface area (Å²) in [6, 6.07) is 12.4. The summed E-state index contributed by atoms with van der Waals surface area (Å²) in [5.41, 5.74) is 1.32. The number of carbonyl (C=O) groups is 2. The molecule has 0 radical (unpaired) electrons. The number of rotatable bonds is 5. The van der Waals surface area contributed by atoms with Crippen LogP contribution in [-0.4, -0.2) is 36.5 Å². The minimum Gasteiger partial charge on any atom is -0.462 e. The van der Waals surface area contributed by atoms with Gasteiger partial charge in [0.15, 0.2) is 0 Å². The van der Waals surface area contributed by atoms with Crippen LogP contribution in [0.2, 0.25) is 0 Å². The van der Waals surface area contributed by atoms with Crippen molar-refractivity contribution in [1.29, 1.82) is 5.26 Å². The molecule has 144 valence electrons. The predicted molar refractivity (Wildman–Crippen MR) is 104 cm³/mol. The second-order valence-corrected chi connectivity index (χ2v) is 6.52. The van der Waals surface area contributed by atoms with Crippen molar-refractivity contribution in [2.24, 2.45) is 0 Å². The summed E-state index contributed by atoms with van der Waals surface area (Å²) < 4.78 is 10.7. The van der Waals surface area contributed by atoms with Gasteiger partial charge in [-0.1, -0.05) is 12.1 Å². The Kier molecular flexibility index (Phi) is 6.28. The fraction of sp³-hybridized carbons (Fsp3) is 0.318. The maximum atomic E-state index is 12.5. The van der Waals surface area contributed by atoms with Crippen molar-refractivity contribution < 1.29 is 18.7 Å². The highest BCUT2D eigenvalue weighted by atomic mass is 16.5. The van der Waals surface area contributed by atoms with Crippen molar-refractivity contribution in [1.82, 2.24) is 4.90 Å². The number of esters is 1. The number of amides is 1. The second-order valence-electron chi connectivity index (χ2n) is 6.52. The second kappa shape index (κ2) is 9.05. The topological polar surface area (TPSA) is 83.5 Å². The van der Waals surface area contributed by atoms with Crippen molar-refractivity contribution >= 4 is 18.0 Å². The van der Waals surface area contributed by atoms with Crippen LogP contribution in [0.4, 0.5) is 0 Å². The number of furan rings is 1. The van der Waals surface area contributed by atoms with Gasteiger partial charge in [0.25, 0.3) is 5.91 Å². The van der Waals surface area contributed by atoms with Crippen molar-refractivity contribution in [2.75, 3.05) is 19.7 Å². The first-order chi connectivity index (χ1) is 13.6. The standard InChI is InChI=1S/C22H22N2O4/c1-2-27-22(26)17-8-6-16(7-9-17)20-11-10-19(28-20)14-18(15-23)21(25)24-12-4-3-5-13-24/h6-11,14H,2-5,12-13H2,1H3/b18-14-. The number of benzene rings is 1. The van der Waals surface area contributed by atoms with Crippen LogP contribution < -0.4 is 0 Å². The molecule has 1 aliphatic rings. The molecule has 0 unspecified atom stereocenters. The van der Waals surface area contributed by atoms with E-state index in [0.29, 0.717) is 36.8 Å². The molecule has 3 rings (SSSR count). The van der Waals surface area contributed by atoms with E-state index in [2.05, 4.69) is 0 Å². The monoisotopic (exact) mass is 378 g/mol. The molecule has 1 fully saturated rings. The van der Waals surface area contributed by atoms with E-state index in [4.69, 9.17) is 9.15 Å². The lowest BCUT2D eigenvalue weighted by Gasteiger charge is -2.26. The first-order valence-corrected chi connectivity index (χ1v) is 9.41. The molecule has 1 aromatic carbocycles. The quantitative estimate of drug-likeness (QED) is 0.445. The van der Waals surface area contributed by atoms with Gasteiger partial charge >= 0.3 is 5.97 Å². The van der Waals surface area contributed by atoms with Gasteiger partial charge in [0.1, 0.15) is 23.2 Å². The van der Waals surface area contributed by atoms with E-state index in [0.717, 1.165) is 24.8 Å². The normalized spacial score (nSPS) is 14.4. The van der Waals surface area contributed by atoms with Crippen molar-refractivity contribution in [2.45, 2.75) is 26.2 Å². The Morgan fingerprint density at radius 3 is 2.50 bits per heavy atom. The van der Waals surface area contributed by atoms with Crippen LogP contribution >= 0.6 is 0 Å². The van der Waals surface area contributed by atoms with Crippen LogP contribution in [0.1, 0.15) is 42.3 Å². The van der Waals surface area contributed by atoms with Crippen LogP contribution in [-0.2, 0) is 9.53 Å². The number of nitriles is 1. The van der Waals surface area contributed by atoms with E-state index in [1.165, 1.54) is 6.08 Å². The Balaban J connectivity index is 1.75. The Hall–Kier alpha value is -3.33.